The summed E-state index contributed by atoms with van der Waals surface area (Å²) >= 11 is 5.35. The fourth-order valence-electron chi connectivity index (χ4n) is 3.27. The second-order valence-electron chi connectivity index (χ2n) is 7.08. The molecule has 3 rings (SSSR count). The maximum absolute atomic E-state index is 12.8. The van der Waals surface area contributed by atoms with Crippen molar-refractivity contribution in [2.75, 3.05) is 39.1 Å². The van der Waals surface area contributed by atoms with Crippen LogP contribution in [0.3, 0.4) is 0 Å². The number of nitrogens with one attached hydrogen (secondary N) is 3. The molecule has 3 aromatic carbocycles. The van der Waals surface area contributed by atoms with Crippen molar-refractivity contribution >= 4 is 34.6 Å². The van der Waals surface area contributed by atoms with Crippen LogP contribution in [0, 0.1) is 0 Å². The zero-order chi connectivity index (χ0) is 24.5. The van der Waals surface area contributed by atoms with Crippen molar-refractivity contribution in [2.24, 2.45) is 0 Å². The fraction of sp³-hybridized carbons (Fsp3) is 0.200. The predicted molar refractivity (Wildman–Crippen MR) is 137 cm³/mol. The van der Waals surface area contributed by atoms with Crippen LogP contribution in [0.5, 0.6) is 23.0 Å². The first-order valence-electron chi connectivity index (χ1n) is 10.4. The van der Waals surface area contributed by atoms with Crippen LogP contribution in [-0.4, -0.2) is 39.5 Å². The molecule has 0 saturated carbocycles. The zero-order valence-electron chi connectivity index (χ0n) is 19.4. The molecule has 1 amide bonds. The molecule has 3 aromatic rings. The van der Waals surface area contributed by atoms with Gasteiger partial charge in [0.2, 0.25) is 5.75 Å². The molecule has 0 aromatic heterocycles. The number of carbonyl (C=O) groups excluding carboxylic acids is 1. The van der Waals surface area contributed by atoms with E-state index >= 15 is 0 Å². The second-order valence-corrected chi connectivity index (χ2v) is 7.48. The molecule has 0 fully saturated rings. The number of rotatable bonds is 9. The van der Waals surface area contributed by atoms with Crippen molar-refractivity contribution in [3.05, 3.63) is 71.8 Å². The molecule has 0 saturated heterocycles. The van der Waals surface area contributed by atoms with Gasteiger partial charge in [-0.25, -0.2) is 0 Å². The Bertz CT molecular complexity index is 1130. The summed E-state index contributed by atoms with van der Waals surface area (Å²) in [6.45, 7) is 0.628. The van der Waals surface area contributed by atoms with Gasteiger partial charge in [0, 0.05) is 17.8 Å². The van der Waals surface area contributed by atoms with Crippen molar-refractivity contribution in [3.8, 4) is 23.0 Å². The van der Waals surface area contributed by atoms with Crippen molar-refractivity contribution < 1.29 is 23.7 Å². The van der Waals surface area contributed by atoms with Crippen molar-refractivity contribution in [1.82, 2.24) is 5.32 Å². The molecule has 8 nitrogen and oxygen atoms in total. The molecule has 9 heteroatoms. The predicted octanol–water partition coefficient (Wildman–Crippen LogP) is 4.46. The fourth-order valence-corrected chi connectivity index (χ4v) is 3.48. The minimum Gasteiger partial charge on any atom is -0.495 e. The van der Waals surface area contributed by atoms with Crippen LogP contribution in [0.15, 0.2) is 60.7 Å². The largest absolute Gasteiger partial charge is 0.495 e. The molecule has 34 heavy (non-hydrogen) atoms. The summed E-state index contributed by atoms with van der Waals surface area (Å²) in [5.74, 6) is 1.41. The Labute approximate surface area is 204 Å². The molecular weight excluding hydrogens is 454 g/mol. The molecule has 0 unspecified atom stereocenters. The number of benzene rings is 3. The molecule has 0 atom stereocenters. The van der Waals surface area contributed by atoms with E-state index in [1.807, 2.05) is 48.5 Å². The number of thiocarbonyl (C=S) groups is 1. The molecule has 3 N–H and O–H groups in total. The average Bonchev–Trinajstić information content (AvgIpc) is 2.87. The molecule has 0 radical (unpaired) electrons. The summed E-state index contributed by atoms with van der Waals surface area (Å²) in [6, 6.07) is 18.6. The smallest absolute Gasteiger partial charge is 0.257 e. The summed E-state index contributed by atoms with van der Waals surface area (Å²) in [7, 11) is 6.08. The highest BCUT2D eigenvalue weighted by Crippen LogP contribution is 2.38. The minimum absolute atomic E-state index is 0.137. The Morgan fingerprint density at radius 1 is 0.824 bits per heavy atom. The Hall–Kier alpha value is -3.98. The topological polar surface area (TPSA) is 90.1 Å². The third-order valence-electron chi connectivity index (χ3n) is 4.94. The van der Waals surface area contributed by atoms with Gasteiger partial charge in [-0.3, -0.25) is 10.1 Å². The van der Waals surface area contributed by atoms with Gasteiger partial charge in [0.25, 0.3) is 5.91 Å². The summed E-state index contributed by atoms with van der Waals surface area (Å²) < 4.78 is 21.4. The zero-order valence-corrected chi connectivity index (χ0v) is 20.2. The number of hydrogen-bond acceptors (Lipinski definition) is 7. The molecule has 0 aliphatic rings. The SMILES string of the molecule is COc1ccc(NC(=S)NC(=O)c2cc(OC)c(OC)c(OC)c2)cc1NCc1ccccc1. The van der Waals surface area contributed by atoms with Crippen LogP contribution in [0.4, 0.5) is 11.4 Å². The Morgan fingerprint density at radius 2 is 1.47 bits per heavy atom. The molecule has 178 valence electrons. The Kier molecular flexibility index (Phi) is 8.53. The van der Waals surface area contributed by atoms with E-state index in [2.05, 4.69) is 16.0 Å². The van der Waals surface area contributed by atoms with Gasteiger partial charge in [-0.15, -0.1) is 0 Å². The summed E-state index contributed by atoms with van der Waals surface area (Å²) in [6.07, 6.45) is 0. The van der Waals surface area contributed by atoms with E-state index in [1.165, 1.54) is 21.3 Å². The summed E-state index contributed by atoms with van der Waals surface area (Å²) in [4.78, 5) is 12.8. The summed E-state index contributed by atoms with van der Waals surface area (Å²) in [5.41, 5.74) is 2.91. The number of amides is 1. The van der Waals surface area contributed by atoms with Gasteiger partial charge >= 0.3 is 0 Å². The van der Waals surface area contributed by atoms with E-state index in [1.54, 1.807) is 19.2 Å². The van der Waals surface area contributed by atoms with E-state index in [0.29, 0.717) is 40.8 Å². The van der Waals surface area contributed by atoms with E-state index in [4.69, 9.17) is 31.2 Å². The highest BCUT2D eigenvalue weighted by Gasteiger charge is 2.18. The maximum atomic E-state index is 12.8. The third kappa shape index (κ3) is 6.08. The van der Waals surface area contributed by atoms with Crippen LogP contribution < -0.4 is 34.9 Å². The molecule has 0 aliphatic carbocycles. The second kappa shape index (κ2) is 11.8. The van der Waals surface area contributed by atoms with E-state index in [9.17, 15) is 4.79 Å². The number of methoxy groups -OCH3 is 4. The van der Waals surface area contributed by atoms with Crippen LogP contribution >= 0.6 is 12.2 Å². The normalized spacial score (nSPS) is 10.1. The van der Waals surface area contributed by atoms with E-state index in [0.717, 1.165) is 11.3 Å². The monoisotopic (exact) mass is 481 g/mol. The number of ether oxygens (including phenoxy) is 4. The van der Waals surface area contributed by atoms with Crippen molar-refractivity contribution in [1.29, 1.82) is 0 Å². The Balaban J connectivity index is 1.70. The summed E-state index contributed by atoms with van der Waals surface area (Å²) in [5, 5.41) is 9.20. The van der Waals surface area contributed by atoms with Crippen molar-refractivity contribution in [3.63, 3.8) is 0 Å². The van der Waals surface area contributed by atoms with Crippen LogP contribution in [0.2, 0.25) is 0 Å². The Morgan fingerprint density at radius 3 is 2.06 bits per heavy atom. The number of anilines is 2. The highest BCUT2D eigenvalue weighted by molar-refractivity contribution is 7.80. The van der Waals surface area contributed by atoms with Crippen LogP contribution in [0.25, 0.3) is 0 Å². The van der Waals surface area contributed by atoms with Gasteiger partial charge < -0.3 is 29.6 Å². The molecular formula is C25H27N3O5S. The van der Waals surface area contributed by atoms with Gasteiger partial charge in [0.1, 0.15) is 5.75 Å². The molecule has 0 spiro atoms. The lowest BCUT2D eigenvalue weighted by atomic mass is 10.1. The van der Waals surface area contributed by atoms with Crippen LogP contribution in [-0.2, 0) is 6.54 Å². The minimum atomic E-state index is -0.423. The lowest BCUT2D eigenvalue weighted by molar-refractivity contribution is 0.0977. The average molecular weight is 482 g/mol. The quantitative estimate of drug-likeness (QED) is 0.386. The van der Waals surface area contributed by atoms with Crippen molar-refractivity contribution in [2.45, 2.75) is 6.54 Å². The lowest BCUT2D eigenvalue weighted by Crippen LogP contribution is -2.34. The van der Waals surface area contributed by atoms with Gasteiger partial charge in [0.15, 0.2) is 16.6 Å². The van der Waals surface area contributed by atoms with Gasteiger partial charge in [-0.2, -0.15) is 0 Å². The number of carbonyl (C=O) groups is 1. The van der Waals surface area contributed by atoms with Gasteiger partial charge in [-0.1, -0.05) is 30.3 Å². The third-order valence-corrected chi connectivity index (χ3v) is 5.14. The molecule has 0 heterocycles. The van der Waals surface area contributed by atoms with Gasteiger partial charge in [-0.05, 0) is 48.1 Å². The van der Waals surface area contributed by atoms with E-state index < -0.39 is 5.91 Å². The standard InChI is InChI=1S/C25H27N3O5S/c1-30-20-11-10-18(14-19(20)26-15-16-8-6-5-7-9-16)27-25(34)28-24(29)17-12-21(31-2)23(33-4)22(13-17)32-3/h5-14,26H,15H2,1-4H3,(H2,27,28,29,34). The molecule has 0 bridgehead atoms. The maximum Gasteiger partial charge on any atom is 0.257 e. The molecule has 0 aliphatic heterocycles. The first-order chi connectivity index (χ1) is 16.5. The van der Waals surface area contributed by atoms with Gasteiger partial charge in [0.05, 0.1) is 34.1 Å². The number of hydrogen-bond donors (Lipinski definition) is 3. The lowest BCUT2D eigenvalue weighted by Gasteiger charge is -2.16. The first kappa shape index (κ1) is 24.7. The van der Waals surface area contributed by atoms with E-state index in [-0.39, 0.29) is 5.11 Å². The highest BCUT2D eigenvalue weighted by atomic mass is 32.1. The first-order valence-corrected chi connectivity index (χ1v) is 10.8. The van der Waals surface area contributed by atoms with Crippen LogP contribution in [0.1, 0.15) is 15.9 Å².